The minimum absolute atomic E-state index is 0. The highest BCUT2D eigenvalue weighted by Gasteiger charge is 2.32. The maximum atomic E-state index is 13.7. The van der Waals surface area contributed by atoms with Crippen molar-refractivity contribution in [3.63, 3.8) is 0 Å². The van der Waals surface area contributed by atoms with Crippen molar-refractivity contribution >= 4 is 18.3 Å². The van der Waals surface area contributed by atoms with Crippen LogP contribution in [0.15, 0.2) is 12.1 Å². The number of carbonyl (C=O) groups is 1. The Labute approximate surface area is 136 Å². The first-order valence-electron chi connectivity index (χ1n) is 7.28. The number of benzene rings is 1. The summed E-state index contributed by atoms with van der Waals surface area (Å²) in [7, 11) is 0. The van der Waals surface area contributed by atoms with Crippen molar-refractivity contribution in [2.24, 2.45) is 5.41 Å². The van der Waals surface area contributed by atoms with E-state index in [0.717, 1.165) is 25.5 Å². The Hall–Kier alpha value is -1.20. The van der Waals surface area contributed by atoms with Gasteiger partial charge in [-0.15, -0.1) is 12.4 Å². The van der Waals surface area contributed by atoms with E-state index in [9.17, 15) is 13.6 Å². The summed E-state index contributed by atoms with van der Waals surface area (Å²) in [5, 5.41) is 6.13. The van der Waals surface area contributed by atoms with Gasteiger partial charge in [0, 0.05) is 18.7 Å². The minimum atomic E-state index is -0.827. The lowest BCUT2D eigenvalue weighted by Crippen LogP contribution is -2.52. The van der Waals surface area contributed by atoms with Crippen LogP contribution in [0, 0.1) is 24.0 Å². The molecule has 0 saturated carbocycles. The predicted octanol–water partition coefficient (Wildman–Crippen LogP) is 3.20. The summed E-state index contributed by atoms with van der Waals surface area (Å²) in [4.78, 5) is 12.1. The summed E-state index contributed by atoms with van der Waals surface area (Å²) < 4.78 is 26.9. The Balaban J connectivity index is 0.00000242. The van der Waals surface area contributed by atoms with Crippen LogP contribution in [0.1, 0.15) is 42.6 Å². The number of hydrogen-bond acceptors (Lipinski definition) is 2. The van der Waals surface area contributed by atoms with Gasteiger partial charge in [-0.2, -0.15) is 0 Å². The Morgan fingerprint density at radius 3 is 2.68 bits per heavy atom. The molecule has 1 aliphatic rings. The van der Waals surface area contributed by atoms with Crippen LogP contribution < -0.4 is 10.6 Å². The fourth-order valence-electron chi connectivity index (χ4n) is 2.74. The van der Waals surface area contributed by atoms with Crippen molar-refractivity contribution in [1.82, 2.24) is 10.6 Å². The number of carbonyl (C=O) groups excluding carboxylic acids is 1. The number of halogens is 3. The summed E-state index contributed by atoms with van der Waals surface area (Å²) in [5.74, 6) is -1.97. The molecule has 1 atom stereocenters. The summed E-state index contributed by atoms with van der Waals surface area (Å²) >= 11 is 0. The van der Waals surface area contributed by atoms with E-state index in [1.54, 1.807) is 0 Å². The number of aryl methyl sites for hydroxylation is 1. The molecule has 1 aliphatic heterocycles. The fraction of sp³-hybridized carbons (Fsp3) is 0.562. The summed E-state index contributed by atoms with van der Waals surface area (Å²) in [6.07, 6.45) is 2.20. The van der Waals surface area contributed by atoms with Gasteiger partial charge >= 0.3 is 0 Å². The molecule has 1 fully saturated rings. The number of amides is 1. The first-order valence-corrected chi connectivity index (χ1v) is 7.28. The van der Waals surface area contributed by atoms with Crippen LogP contribution >= 0.6 is 12.4 Å². The highest BCUT2D eigenvalue weighted by atomic mass is 35.5. The Kier molecular flexibility index (Phi) is 6.32. The SMILES string of the molecule is Cc1cc(C(=O)NCC2NCCCC2(C)C)c(F)cc1F.Cl. The number of hydrogen-bond donors (Lipinski definition) is 2. The summed E-state index contributed by atoms with van der Waals surface area (Å²) in [5.41, 5.74) is 0.239. The molecule has 0 radical (unpaired) electrons. The minimum Gasteiger partial charge on any atom is -0.350 e. The van der Waals surface area contributed by atoms with Gasteiger partial charge in [0.2, 0.25) is 0 Å². The predicted molar refractivity (Wildman–Crippen MR) is 85.5 cm³/mol. The monoisotopic (exact) mass is 332 g/mol. The van der Waals surface area contributed by atoms with E-state index in [4.69, 9.17) is 0 Å². The standard InChI is InChI=1S/C16H22F2N2O.ClH/c1-10-7-11(13(18)8-12(10)17)15(21)20-9-14-16(2,3)5-4-6-19-14;/h7-8,14,19H,4-6,9H2,1-3H3,(H,20,21);1H. The number of nitrogens with one attached hydrogen (secondary N) is 2. The molecule has 0 aromatic heterocycles. The zero-order chi connectivity index (χ0) is 15.6. The van der Waals surface area contributed by atoms with Crippen LogP contribution in [0.3, 0.4) is 0 Å². The molecule has 3 nitrogen and oxygen atoms in total. The van der Waals surface area contributed by atoms with Crippen LogP contribution in [0.25, 0.3) is 0 Å². The van der Waals surface area contributed by atoms with Crippen LogP contribution in [0.4, 0.5) is 8.78 Å². The maximum absolute atomic E-state index is 13.7. The van der Waals surface area contributed by atoms with Gasteiger partial charge in [0.15, 0.2) is 0 Å². The first-order chi connectivity index (χ1) is 9.81. The molecule has 124 valence electrons. The van der Waals surface area contributed by atoms with Gasteiger partial charge in [-0.25, -0.2) is 8.78 Å². The average Bonchev–Trinajstić information content (AvgIpc) is 2.41. The van der Waals surface area contributed by atoms with Crippen molar-refractivity contribution in [2.75, 3.05) is 13.1 Å². The van der Waals surface area contributed by atoms with Crippen molar-refractivity contribution in [3.05, 3.63) is 34.9 Å². The van der Waals surface area contributed by atoms with Gasteiger partial charge in [-0.05, 0) is 43.4 Å². The van der Waals surface area contributed by atoms with Gasteiger partial charge < -0.3 is 10.6 Å². The van der Waals surface area contributed by atoms with Crippen molar-refractivity contribution in [3.8, 4) is 0 Å². The topological polar surface area (TPSA) is 41.1 Å². The van der Waals surface area contributed by atoms with Gasteiger partial charge in [-0.1, -0.05) is 13.8 Å². The van der Waals surface area contributed by atoms with Crippen molar-refractivity contribution < 1.29 is 13.6 Å². The lowest BCUT2D eigenvalue weighted by molar-refractivity contribution is 0.0924. The molecule has 1 aromatic rings. The zero-order valence-corrected chi connectivity index (χ0v) is 13.9. The molecule has 0 aliphatic carbocycles. The fourth-order valence-corrected chi connectivity index (χ4v) is 2.74. The molecule has 2 rings (SSSR count). The molecule has 22 heavy (non-hydrogen) atoms. The lowest BCUT2D eigenvalue weighted by atomic mass is 9.77. The van der Waals surface area contributed by atoms with Crippen molar-refractivity contribution in [1.29, 1.82) is 0 Å². The normalized spacial score (nSPS) is 20.1. The molecule has 1 unspecified atom stereocenters. The highest BCUT2D eigenvalue weighted by molar-refractivity contribution is 5.94. The van der Waals surface area contributed by atoms with Gasteiger partial charge in [0.25, 0.3) is 5.91 Å². The van der Waals surface area contributed by atoms with Crippen LogP contribution in [0.2, 0.25) is 0 Å². The maximum Gasteiger partial charge on any atom is 0.254 e. The quantitative estimate of drug-likeness (QED) is 0.892. The van der Waals surface area contributed by atoms with Crippen LogP contribution in [-0.2, 0) is 0 Å². The largest absolute Gasteiger partial charge is 0.350 e. The molecule has 0 bridgehead atoms. The third-order valence-corrected chi connectivity index (χ3v) is 4.29. The van der Waals surface area contributed by atoms with E-state index in [2.05, 4.69) is 24.5 Å². The zero-order valence-electron chi connectivity index (χ0n) is 13.1. The molecule has 1 aromatic carbocycles. The Morgan fingerprint density at radius 1 is 1.36 bits per heavy atom. The van der Waals surface area contributed by atoms with Gasteiger partial charge in [0.05, 0.1) is 5.56 Å². The van der Waals surface area contributed by atoms with E-state index in [1.807, 2.05) is 0 Å². The first kappa shape index (κ1) is 18.8. The van der Waals surface area contributed by atoms with E-state index in [-0.39, 0.29) is 35.0 Å². The Bertz CT molecular complexity index is 549. The molecule has 0 spiro atoms. The van der Waals surface area contributed by atoms with Gasteiger partial charge in [0.1, 0.15) is 11.6 Å². The summed E-state index contributed by atoms with van der Waals surface area (Å²) in [6, 6.07) is 2.16. The van der Waals surface area contributed by atoms with E-state index in [0.29, 0.717) is 6.54 Å². The third kappa shape index (κ3) is 4.17. The molecule has 1 amide bonds. The van der Waals surface area contributed by atoms with Crippen molar-refractivity contribution in [2.45, 2.75) is 39.7 Å². The Morgan fingerprint density at radius 2 is 2.05 bits per heavy atom. The van der Waals surface area contributed by atoms with Gasteiger partial charge in [-0.3, -0.25) is 4.79 Å². The highest BCUT2D eigenvalue weighted by Crippen LogP contribution is 2.29. The molecular formula is C16H23ClF2N2O. The smallest absolute Gasteiger partial charge is 0.254 e. The second-order valence-electron chi connectivity index (χ2n) is 6.39. The van der Waals surface area contributed by atoms with E-state index < -0.39 is 17.5 Å². The van der Waals surface area contributed by atoms with Crippen LogP contribution in [-0.4, -0.2) is 25.0 Å². The molecule has 1 heterocycles. The van der Waals surface area contributed by atoms with E-state index in [1.165, 1.54) is 13.0 Å². The third-order valence-electron chi connectivity index (χ3n) is 4.29. The molecule has 2 N–H and O–H groups in total. The molecular weight excluding hydrogens is 310 g/mol. The number of rotatable bonds is 3. The average molecular weight is 333 g/mol. The molecule has 6 heteroatoms. The molecule has 1 saturated heterocycles. The van der Waals surface area contributed by atoms with E-state index >= 15 is 0 Å². The number of piperidine rings is 1. The van der Waals surface area contributed by atoms with Crippen LogP contribution in [0.5, 0.6) is 0 Å². The lowest BCUT2D eigenvalue weighted by Gasteiger charge is -2.39. The summed E-state index contributed by atoms with van der Waals surface area (Å²) in [6.45, 7) is 7.17. The second kappa shape index (κ2) is 7.38. The second-order valence-corrected chi connectivity index (χ2v) is 6.39.